The van der Waals surface area contributed by atoms with Crippen LogP contribution in [0.2, 0.25) is 0 Å². The quantitative estimate of drug-likeness (QED) is 0.216. The number of rotatable bonds is 9. The monoisotopic (exact) mass is 546 g/mol. The van der Waals surface area contributed by atoms with Crippen LogP contribution in [0.4, 0.5) is 0 Å². The lowest BCUT2D eigenvalue weighted by Crippen LogP contribution is -2.58. The maximum Gasteiger partial charge on any atom is 0.191 e. The Bertz CT molecular complexity index is 662. The van der Waals surface area contributed by atoms with E-state index in [1.807, 2.05) is 0 Å². The third kappa shape index (κ3) is 7.56. The molecule has 1 aromatic carbocycles. The third-order valence-electron chi connectivity index (χ3n) is 6.55. The van der Waals surface area contributed by atoms with Gasteiger partial charge in [0, 0.05) is 63.6 Å². The molecule has 2 fully saturated rings. The number of hydrogen-bond donors (Lipinski definition) is 4. The van der Waals surface area contributed by atoms with Gasteiger partial charge in [-0.25, -0.2) is 0 Å². The van der Waals surface area contributed by atoms with Gasteiger partial charge >= 0.3 is 0 Å². The Morgan fingerprint density at radius 3 is 2.35 bits per heavy atom. The van der Waals surface area contributed by atoms with Gasteiger partial charge in [-0.3, -0.25) is 4.99 Å². The van der Waals surface area contributed by atoms with Crippen molar-refractivity contribution in [2.75, 3.05) is 53.2 Å². The molecule has 8 heteroatoms. The van der Waals surface area contributed by atoms with Crippen molar-refractivity contribution in [2.45, 2.75) is 44.2 Å². The highest BCUT2D eigenvalue weighted by atomic mass is 127. The molecule has 0 aromatic heterocycles. The van der Waals surface area contributed by atoms with E-state index in [-0.39, 0.29) is 47.6 Å². The highest BCUT2D eigenvalue weighted by molar-refractivity contribution is 14.0. The van der Waals surface area contributed by atoms with Gasteiger partial charge in [0.1, 0.15) is 0 Å². The first kappa shape index (κ1) is 26.3. The molecular weight excluding hydrogens is 507 g/mol. The van der Waals surface area contributed by atoms with E-state index in [1.54, 1.807) is 7.05 Å². The summed E-state index contributed by atoms with van der Waals surface area (Å²) in [7, 11) is 1.80. The number of aliphatic hydroxyl groups excluding tert-OH is 1. The largest absolute Gasteiger partial charge is 0.396 e. The van der Waals surface area contributed by atoms with Crippen molar-refractivity contribution >= 4 is 29.9 Å². The number of halogens is 1. The average molecular weight is 546 g/mol. The number of aliphatic imine (C=N–C) groups is 1. The molecule has 31 heavy (non-hydrogen) atoms. The van der Waals surface area contributed by atoms with Gasteiger partial charge in [0.15, 0.2) is 5.96 Å². The zero-order chi connectivity index (χ0) is 21.3. The van der Waals surface area contributed by atoms with Crippen LogP contribution in [-0.2, 0) is 9.47 Å². The second kappa shape index (κ2) is 12.9. The number of nitrogens with one attached hydrogen (secondary N) is 3. The zero-order valence-electron chi connectivity index (χ0n) is 18.9. The fraction of sp³-hybridized carbons (Fsp3) is 0.696. The van der Waals surface area contributed by atoms with E-state index in [0.29, 0.717) is 6.61 Å². The maximum atomic E-state index is 9.45. The van der Waals surface area contributed by atoms with Crippen molar-refractivity contribution in [1.29, 1.82) is 0 Å². The van der Waals surface area contributed by atoms with Gasteiger partial charge in [-0.2, -0.15) is 0 Å². The predicted octanol–water partition coefficient (Wildman–Crippen LogP) is 2.46. The molecule has 2 aliphatic rings. The minimum atomic E-state index is -0.0512. The Balaban J connectivity index is 0.00000341. The van der Waals surface area contributed by atoms with Crippen molar-refractivity contribution in [3.63, 3.8) is 0 Å². The van der Waals surface area contributed by atoms with Crippen LogP contribution in [0.5, 0.6) is 0 Å². The first-order chi connectivity index (χ1) is 14.6. The van der Waals surface area contributed by atoms with E-state index in [2.05, 4.69) is 58.2 Å². The molecule has 1 aromatic rings. The molecule has 2 heterocycles. The van der Waals surface area contributed by atoms with Crippen LogP contribution >= 0.6 is 24.0 Å². The van der Waals surface area contributed by atoms with Crippen LogP contribution in [-0.4, -0.2) is 69.8 Å². The summed E-state index contributed by atoms with van der Waals surface area (Å²) in [4.78, 5) is 4.43. The molecule has 0 saturated carbocycles. The number of nitrogens with zero attached hydrogens (tertiary/aromatic N) is 1. The van der Waals surface area contributed by atoms with Crippen LogP contribution in [0.3, 0.4) is 0 Å². The normalized spacial score (nSPS) is 24.3. The van der Waals surface area contributed by atoms with Crippen LogP contribution in [0, 0.1) is 5.41 Å². The summed E-state index contributed by atoms with van der Waals surface area (Å²) in [6, 6.07) is 10.8. The van der Waals surface area contributed by atoms with Crippen molar-refractivity contribution in [3.05, 3.63) is 35.9 Å². The Labute approximate surface area is 203 Å². The Morgan fingerprint density at radius 1 is 1.06 bits per heavy atom. The Morgan fingerprint density at radius 2 is 1.74 bits per heavy atom. The molecule has 0 spiro atoms. The van der Waals surface area contributed by atoms with Crippen LogP contribution < -0.4 is 16.0 Å². The van der Waals surface area contributed by atoms with E-state index in [4.69, 9.17) is 9.47 Å². The van der Waals surface area contributed by atoms with Crippen LogP contribution in [0.15, 0.2) is 35.3 Å². The molecule has 4 N–H and O–H groups in total. The molecule has 0 bridgehead atoms. The Hall–Kier alpha value is -0.940. The lowest BCUT2D eigenvalue weighted by Gasteiger charge is -2.41. The molecule has 176 valence electrons. The molecule has 0 radical (unpaired) electrons. The molecule has 2 atom stereocenters. The molecule has 7 nitrogen and oxygen atoms in total. The summed E-state index contributed by atoms with van der Waals surface area (Å²) in [5.41, 5.74) is 1.23. The summed E-state index contributed by atoms with van der Waals surface area (Å²) in [6.45, 7) is 6.90. The summed E-state index contributed by atoms with van der Waals surface area (Å²) in [5, 5.41) is 20.3. The van der Waals surface area contributed by atoms with Crippen molar-refractivity contribution in [1.82, 2.24) is 16.0 Å². The van der Waals surface area contributed by atoms with Gasteiger partial charge in [-0.1, -0.05) is 30.3 Å². The van der Waals surface area contributed by atoms with Gasteiger partial charge in [0.05, 0.1) is 6.61 Å². The molecule has 0 amide bonds. The standard InChI is InChI=1S/C23H38N4O3.HI/c1-19(20-6-4-3-5-7-20)27-23(10-14-29-15-11-23)17-26-21(24-2)25-16-22(8-12-28)9-13-30-18-22;/h3-7,19,27-28H,8-18H2,1-2H3,(H2,24,25,26);1H. The highest BCUT2D eigenvalue weighted by Crippen LogP contribution is 2.31. The highest BCUT2D eigenvalue weighted by Gasteiger charge is 2.36. The SMILES string of the molecule is CN=C(NCC1(CCO)CCOC1)NCC1(NC(C)c2ccccc2)CCOCC1.I. The fourth-order valence-corrected chi connectivity index (χ4v) is 4.48. The lowest BCUT2D eigenvalue weighted by atomic mass is 9.84. The van der Waals surface area contributed by atoms with E-state index in [0.717, 1.165) is 64.6 Å². The predicted molar refractivity (Wildman–Crippen MR) is 135 cm³/mol. The van der Waals surface area contributed by atoms with E-state index in [9.17, 15) is 5.11 Å². The molecular formula is C23H39IN4O3. The van der Waals surface area contributed by atoms with E-state index < -0.39 is 0 Å². The Kier molecular flexibility index (Phi) is 11.0. The maximum absolute atomic E-state index is 9.45. The molecule has 3 rings (SSSR count). The van der Waals surface area contributed by atoms with Gasteiger partial charge in [-0.05, 0) is 38.2 Å². The smallest absolute Gasteiger partial charge is 0.191 e. The second-order valence-corrected chi connectivity index (χ2v) is 8.72. The van der Waals surface area contributed by atoms with Crippen molar-refractivity contribution < 1.29 is 14.6 Å². The van der Waals surface area contributed by atoms with E-state index >= 15 is 0 Å². The topological polar surface area (TPSA) is 87.1 Å². The number of hydrogen-bond acceptors (Lipinski definition) is 5. The van der Waals surface area contributed by atoms with Gasteiger partial charge in [0.2, 0.25) is 0 Å². The lowest BCUT2D eigenvalue weighted by molar-refractivity contribution is 0.0354. The second-order valence-electron chi connectivity index (χ2n) is 8.72. The number of benzene rings is 1. The molecule has 0 aliphatic carbocycles. The van der Waals surface area contributed by atoms with Gasteiger partial charge in [0.25, 0.3) is 0 Å². The third-order valence-corrected chi connectivity index (χ3v) is 6.55. The van der Waals surface area contributed by atoms with E-state index in [1.165, 1.54) is 5.56 Å². The summed E-state index contributed by atoms with van der Waals surface area (Å²) < 4.78 is 11.2. The fourth-order valence-electron chi connectivity index (χ4n) is 4.48. The van der Waals surface area contributed by atoms with Crippen LogP contribution in [0.25, 0.3) is 0 Å². The molecule has 2 unspecified atom stereocenters. The molecule has 2 aliphatic heterocycles. The van der Waals surface area contributed by atoms with Gasteiger partial charge in [-0.15, -0.1) is 24.0 Å². The minimum Gasteiger partial charge on any atom is -0.396 e. The zero-order valence-corrected chi connectivity index (χ0v) is 21.2. The minimum absolute atomic E-state index is 0. The van der Waals surface area contributed by atoms with Gasteiger partial charge < -0.3 is 30.5 Å². The van der Waals surface area contributed by atoms with Crippen LogP contribution in [0.1, 0.15) is 44.2 Å². The molecule has 2 saturated heterocycles. The van der Waals surface area contributed by atoms with Crippen molar-refractivity contribution in [3.8, 4) is 0 Å². The first-order valence-electron chi connectivity index (χ1n) is 11.1. The van der Waals surface area contributed by atoms with Crippen molar-refractivity contribution in [2.24, 2.45) is 10.4 Å². The summed E-state index contributed by atoms with van der Waals surface area (Å²) in [5.74, 6) is 0.791. The first-order valence-corrected chi connectivity index (χ1v) is 11.1. The summed E-state index contributed by atoms with van der Waals surface area (Å²) >= 11 is 0. The number of guanidine groups is 1. The number of aliphatic hydroxyl groups is 1. The number of ether oxygens (including phenoxy) is 2. The average Bonchev–Trinajstić information content (AvgIpc) is 3.24. The summed E-state index contributed by atoms with van der Waals surface area (Å²) in [6.07, 6.45) is 3.62.